The van der Waals surface area contributed by atoms with Gasteiger partial charge in [0, 0.05) is 5.56 Å². The topological polar surface area (TPSA) is 87.2 Å². The average molecular weight is 333 g/mol. The number of methoxy groups -OCH3 is 1. The predicted octanol–water partition coefficient (Wildman–Crippen LogP) is 2.21. The summed E-state index contributed by atoms with van der Waals surface area (Å²) in [7, 11) is 1.31. The van der Waals surface area contributed by atoms with Gasteiger partial charge in [-0.15, -0.1) is 11.3 Å². The highest BCUT2D eigenvalue weighted by molar-refractivity contribution is 7.20. The molecule has 0 aliphatic rings. The summed E-state index contributed by atoms with van der Waals surface area (Å²) in [5, 5.41) is 4.34. The molecule has 23 heavy (non-hydrogen) atoms. The van der Waals surface area contributed by atoms with Gasteiger partial charge in [-0.25, -0.2) is 9.78 Å². The van der Waals surface area contributed by atoms with E-state index in [0.717, 1.165) is 22.6 Å². The molecular formula is C15H15N3O4S. The third kappa shape index (κ3) is 2.44. The van der Waals surface area contributed by atoms with E-state index < -0.39 is 5.97 Å². The van der Waals surface area contributed by atoms with Crippen molar-refractivity contribution >= 4 is 27.5 Å². The van der Waals surface area contributed by atoms with Crippen molar-refractivity contribution in [1.82, 2.24) is 14.7 Å². The first-order valence-corrected chi connectivity index (χ1v) is 7.74. The van der Waals surface area contributed by atoms with Crippen LogP contribution in [0.15, 0.2) is 15.6 Å². The lowest BCUT2D eigenvalue weighted by molar-refractivity contribution is 0.0605. The molecule has 7 nitrogen and oxygen atoms in total. The predicted molar refractivity (Wildman–Crippen MR) is 85.0 cm³/mol. The van der Waals surface area contributed by atoms with Gasteiger partial charge in [0.15, 0.2) is 0 Å². The van der Waals surface area contributed by atoms with Gasteiger partial charge in [-0.2, -0.15) is 0 Å². The van der Waals surface area contributed by atoms with Crippen LogP contribution in [-0.2, 0) is 11.3 Å². The van der Waals surface area contributed by atoms with E-state index in [9.17, 15) is 9.59 Å². The zero-order valence-electron chi connectivity index (χ0n) is 13.2. The van der Waals surface area contributed by atoms with Gasteiger partial charge in [0.05, 0.1) is 31.1 Å². The Balaban J connectivity index is 2.14. The van der Waals surface area contributed by atoms with Crippen molar-refractivity contribution < 1.29 is 14.1 Å². The molecule has 3 rings (SSSR count). The second kappa shape index (κ2) is 5.62. The number of carbonyl (C=O) groups excluding carboxylic acids is 1. The molecule has 0 fully saturated rings. The molecule has 0 atom stereocenters. The maximum atomic E-state index is 12.7. The summed E-state index contributed by atoms with van der Waals surface area (Å²) in [6.07, 6.45) is 1.48. The Kier molecular flexibility index (Phi) is 3.77. The molecule has 8 heteroatoms. The first-order valence-electron chi connectivity index (χ1n) is 6.92. The number of rotatable bonds is 3. The first-order chi connectivity index (χ1) is 10.9. The van der Waals surface area contributed by atoms with Gasteiger partial charge in [-0.1, -0.05) is 5.16 Å². The minimum Gasteiger partial charge on any atom is -0.465 e. The molecule has 0 radical (unpaired) electrons. The molecule has 0 saturated carbocycles. The van der Waals surface area contributed by atoms with E-state index in [2.05, 4.69) is 10.1 Å². The van der Waals surface area contributed by atoms with Crippen LogP contribution in [0.3, 0.4) is 0 Å². The minimum atomic E-state index is -0.456. The third-order valence-electron chi connectivity index (χ3n) is 3.80. The smallest absolute Gasteiger partial charge is 0.348 e. The number of aromatic nitrogens is 3. The zero-order chi connectivity index (χ0) is 16.7. The lowest BCUT2D eigenvalue weighted by Crippen LogP contribution is -2.21. The molecule has 0 aliphatic heterocycles. The Bertz CT molecular complexity index is 948. The van der Waals surface area contributed by atoms with E-state index in [1.54, 1.807) is 13.8 Å². The molecule has 0 aromatic carbocycles. The molecule has 0 spiro atoms. The molecular weight excluding hydrogens is 318 g/mol. The second-order valence-electron chi connectivity index (χ2n) is 5.21. The van der Waals surface area contributed by atoms with Crippen LogP contribution in [0.4, 0.5) is 0 Å². The van der Waals surface area contributed by atoms with Gasteiger partial charge in [0.25, 0.3) is 5.56 Å². The Morgan fingerprint density at radius 3 is 2.74 bits per heavy atom. The molecule has 3 aromatic rings. The fraction of sp³-hybridized carbons (Fsp3) is 0.333. The fourth-order valence-corrected chi connectivity index (χ4v) is 3.51. The quantitative estimate of drug-likeness (QED) is 0.683. The summed E-state index contributed by atoms with van der Waals surface area (Å²) < 4.78 is 11.4. The molecule has 120 valence electrons. The van der Waals surface area contributed by atoms with Crippen LogP contribution in [0, 0.1) is 20.8 Å². The monoisotopic (exact) mass is 333 g/mol. The number of ether oxygens (including phenoxy) is 1. The summed E-state index contributed by atoms with van der Waals surface area (Å²) in [5.41, 5.74) is 2.00. The van der Waals surface area contributed by atoms with Gasteiger partial charge in [0.2, 0.25) is 0 Å². The van der Waals surface area contributed by atoms with Crippen molar-refractivity contribution in [2.75, 3.05) is 7.11 Å². The van der Waals surface area contributed by atoms with Crippen molar-refractivity contribution in [1.29, 1.82) is 0 Å². The summed E-state index contributed by atoms with van der Waals surface area (Å²) >= 11 is 1.16. The number of carbonyl (C=O) groups is 1. The van der Waals surface area contributed by atoms with Crippen molar-refractivity contribution in [2.24, 2.45) is 0 Å². The van der Waals surface area contributed by atoms with Gasteiger partial charge in [-0.3, -0.25) is 9.36 Å². The van der Waals surface area contributed by atoms with Gasteiger partial charge in [-0.05, 0) is 26.3 Å². The van der Waals surface area contributed by atoms with Crippen LogP contribution in [0.1, 0.15) is 32.3 Å². The van der Waals surface area contributed by atoms with E-state index in [0.29, 0.717) is 33.0 Å². The van der Waals surface area contributed by atoms with Gasteiger partial charge in [0.1, 0.15) is 15.5 Å². The molecule has 0 amide bonds. The SMILES string of the molecule is COC(=O)c1sc2ncn(Cc3c(C)noc3C)c(=O)c2c1C. The van der Waals surface area contributed by atoms with Crippen LogP contribution in [0.25, 0.3) is 10.2 Å². The number of nitrogens with zero attached hydrogens (tertiary/aromatic N) is 3. The molecule has 3 aromatic heterocycles. The van der Waals surface area contributed by atoms with E-state index in [1.807, 2.05) is 6.92 Å². The fourth-order valence-electron chi connectivity index (χ4n) is 2.46. The number of esters is 1. The van der Waals surface area contributed by atoms with Gasteiger partial charge < -0.3 is 9.26 Å². The molecule has 0 aliphatic carbocycles. The molecule has 3 heterocycles. The first kappa shape index (κ1) is 15.4. The second-order valence-corrected chi connectivity index (χ2v) is 6.21. The number of aryl methyl sites for hydroxylation is 3. The van der Waals surface area contributed by atoms with Crippen LogP contribution in [-0.4, -0.2) is 27.8 Å². The van der Waals surface area contributed by atoms with Crippen LogP contribution in [0.5, 0.6) is 0 Å². The van der Waals surface area contributed by atoms with Gasteiger partial charge >= 0.3 is 5.97 Å². The minimum absolute atomic E-state index is 0.195. The van der Waals surface area contributed by atoms with Crippen molar-refractivity contribution in [3.63, 3.8) is 0 Å². The Labute approximate surface area is 135 Å². The Hall–Kier alpha value is -2.48. The average Bonchev–Trinajstić information content (AvgIpc) is 3.03. The lowest BCUT2D eigenvalue weighted by Gasteiger charge is -2.05. The Morgan fingerprint density at radius 1 is 1.39 bits per heavy atom. The van der Waals surface area contributed by atoms with Crippen LogP contribution < -0.4 is 5.56 Å². The zero-order valence-corrected chi connectivity index (χ0v) is 14.0. The summed E-state index contributed by atoms with van der Waals surface area (Å²) in [6, 6.07) is 0. The van der Waals surface area contributed by atoms with E-state index in [-0.39, 0.29) is 5.56 Å². The third-order valence-corrected chi connectivity index (χ3v) is 4.98. The summed E-state index contributed by atoms with van der Waals surface area (Å²) in [4.78, 5) is 29.8. The maximum Gasteiger partial charge on any atom is 0.348 e. The number of thiophene rings is 1. The van der Waals surface area contributed by atoms with E-state index in [1.165, 1.54) is 18.0 Å². The highest BCUT2D eigenvalue weighted by atomic mass is 32.1. The maximum absolute atomic E-state index is 12.7. The lowest BCUT2D eigenvalue weighted by atomic mass is 10.2. The van der Waals surface area contributed by atoms with E-state index in [4.69, 9.17) is 9.26 Å². The molecule has 0 bridgehead atoms. The number of fused-ring (bicyclic) bond motifs is 1. The normalized spacial score (nSPS) is 11.1. The Morgan fingerprint density at radius 2 is 2.13 bits per heavy atom. The van der Waals surface area contributed by atoms with Crippen molar-refractivity contribution in [2.45, 2.75) is 27.3 Å². The number of hydrogen-bond acceptors (Lipinski definition) is 7. The summed E-state index contributed by atoms with van der Waals surface area (Å²) in [6.45, 7) is 5.69. The molecule has 0 unspecified atom stereocenters. The molecule has 0 N–H and O–H groups in total. The van der Waals surface area contributed by atoms with E-state index >= 15 is 0 Å². The van der Waals surface area contributed by atoms with Crippen molar-refractivity contribution in [3.05, 3.63) is 44.1 Å². The number of hydrogen-bond donors (Lipinski definition) is 0. The standard InChI is InChI=1S/C15H15N3O4S/c1-7-11-13(23-12(7)15(20)21-4)16-6-18(14(11)19)5-10-8(2)17-22-9(10)3/h6H,5H2,1-4H3. The van der Waals surface area contributed by atoms with Crippen LogP contribution >= 0.6 is 11.3 Å². The molecule has 0 saturated heterocycles. The summed E-state index contributed by atoms with van der Waals surface area (Å²) in [5.74, 6) is 0.217. The highest BCUT2D eigenvalue weighted by Crippen LogP contribution is 2.27. The van der Waals surface area contributed by atoms with Crippen LogP contribution in [0.2, 0.25) is 0 Å². The van der Waals surface area contributed by atoms with Crippen molar-refractivity contribution in [3.8, 4) is 0 Å². The largest absolute Gasteiger partial charge is 0.465 e. The highest BCUT2D eigenvalue weighted by Gasteiger charge is 2.20.